The van der Waals surface area contributed by atoms with E-state index in [0.29, 0.717) is 30.1 Å². The lowest BCUT2D eigenvalue weighted by Gasteiger charge is -2.20. The van der Waals surface area contributed by atoms with Gasteiger partial charge >= 0.3 is 0 Å². The van der Waals surface area contributed by atoms with Crippen molar-refractivity contribution in [3.05, 3.63) is 53.6 Å². The van der Waals surface area contributed by atoms with Crippen molar-refractivity contribution >= 4 is 21.6 Å². The van der Waals surface area contributed by atoms with Crippen molar-refractivity contribution in [1.82, 2.24) is 4.31 Å². The van der Waals surface area contributed by atoms with Gasteiger partial charge in [-0.15, -0.1) is 0 Å². The van der Waals surface area contributed by atoms with E-state index in [9.17, 15) is 13.2 Å². The first kappa shape index (κ1) is 21.4. The Bertz CT molecular complexity index is 993. The minimum atomic E-state index is -3.68. The molecular formula is C20H23N3O4S. The maximum absolute atomic E-state index is 12.8. The molecule has 0 bridgehead atoms. The highest BCUT2D eigenvalue weighted by Gasteiger charge is 2.24. The number of rotatable bonds is 8. The zero-order chi connectivity index (χ0) is 20.7. The molecule has 0 aliphatic heterocycles. The average molecular weight is 401 g/mol. The molecule has 7 nitrogen and oxygen atoms in total. The third-order valence-corrected chi connectivity index (χ3v) is 6.36. The molecule has 0 radical (unpaired) electrons. The van der Waals surface area contributed by atoms with Crippen LogP contribution < -0.4 is 10.1 Å². The minimum absolute atomic E-state index is 0.0953. The van der Waals surface area contributed by atoms with Crippen LogP contribution in [0.4, 0.5) is 5.69 Å². The molecule has 2 aromatic carbocycles. The van der Waals surface area contributed by atoms with Crippen molar-refractivity contribution in [1.29, 1.82) is 5.26 Å². The van der Waals surface area contributed by atoms with Gasteiger partial charge in [-0.1, -0.05) is 26.0 Å². The number of anilines is 1. The highest BCUT2D eigenvalue weighted by Crippen LogP contribution is 2.23. The summed E-state index contributed by atoms with van der Waals surface area (Å²) in [5.74, 6) is 0.0153. The van der Waals surface area contributed by atoms with E-state index < -0.39 is 15.9 Å². The number of amides is 1. The standard InChI is InChI=1S/C20H23N3O4S/c1-4-23(5-2)28(25,26)19-13-16(10-9-15(19)3)20(24)22-17-7-6-8-18(14-17)27-12-11-21/h6-10,13-14H,4-5,12H2,1-3H3,(H,22,24). The zero-order valence-corrected chi connectivity index (χ0v) is 16.9. The highest BCUT2D eigenvalue weighted by molar-refractivity contribution is 7.89. The Morgan fingerprint density at radius 1 is 1.18 bits per heavy atom. The van der Waals surface area contributed by atoms with Gasteiger partial charge < -0.3 is 10.1 Å². The minimum Gasteiger partial charge on any atom is -0.479 e. The fourth-order valence-corrected chi connectivity index (χ4v) is 4.41. The average Bonchev–Trinajstić information content (AvgIpc) is 2.67. The molecule has 1 N–H and O–H groups in total. The molecule has 0 aliphatic carbocycles. The Morgan fingerprint density at radius 3 is 2.54 bits per heavy atom. The molecule has 0 unspecified atom stereocenters. The second-order valence-corrected chi connectivity index (χ2v) is 7.90. The van der Waals surface area contributed by atoms with E-state index in [1.54, 1.807) is 57.2 Å². The molecule has 2 aromatic rings. The van der Waals surface area contributed by atoms with Crippen molar-refractivity contribution in [2.75, 3.05) is 25.0 Å². The van der Waals surface area contributed by atoms with Crippen molar-refractivity contribution in [3.8, 4) is 11.8 Å². The second-order valence-electron chi connectivity index (χ2n) is 6.00. The van der Waals surface area contributed by atoms with Crippen LogP contribution in [0.15, 0.2) is 47.4 Å². The SMILES string of the molecule is CCN(CC)S(=O)(=O)c1cc(C(=O)Nc2cccc(OCC#N)c2)ccc1C. The number of nitrogens with zero attached hydrogens (tertiary/aromatic N) is 2. The summed E-state index contributed by atoms with van der Waals surface area (Å²) in [6.07, 6.45) is 0. The number of carbonyl (C=O) groups is 1. The van der Waals surface area contributed by atoms with Gasteiger partial charge in [0.05, 0.1) is 4.90 Å². The zero-order valence-electron chi connectivity index (χ0n) is 16.1. The second kappa shape index (κ2) is 9.35. The molecule has 2 rings (SSSR count). The molecule has 0 saturated heterocycles. The third-order valence-electron chi connectivity index (χ3n) is 4.17. The number of nitriles is 1. The number of hydrogen-bond acceptors (Lipinski definition) is 5. The van der Waals surface area contributed by atoms with Crippen LogP contribution in [-0.4, -0.2) is 38.3 Å². The van der Waals surface area contributed by atoms with Gasteiger partial charge in [-0.3, -0.25) is 4.79 Å². The van der Waals surface area contributed by atoms with Crippen LogP contribution in [0.3, 0.4) is 0 Å². The van der Waals surface area contributed by atoms with Gasteiger partial charge in [0.25, 0.3) is 5.91 Å². The topological polar surface area (TPSA) is 99.5 Å². The number of sulfonamides is 1. The van der Waals surface area contributed by atoms with E-state index in [-0.39, 0.29) is 17.1 Å². The fourth-order valence-electron chi connectivity index (χ4n) is 2.70. The number of ether oxygens (including phenoxy) is 1. The van der Waals surface area contributed by atoms with Crippen LogP contribution in [0.5, 0.6) is 5.75 Å². The summed E-state index contributed by atoms with van der Waals surface area (Å²) in [6, 6.07) is 13.1. The van der Waals surface area contributed by atoms with Crippen molar-refractivity contribution in [3.63, 3.8) is 0 Å². The highest BCUT2D eigenvalue weighted by atomic mass is 32.2. The summed E-state index contributed by atoms with van der Waals surface area (Å²) in [4.78, 5) is 12.7. The number of nitrogens with one attached hydrogen (secondary N) is 1. The Morgan fingerprint density at radius 2 is 1.89 bits per heavy atom. The maximum Gasteiger partial charge on any atom is 0.255 e. The van der Waals surface area contributed by atoms with Gasteiger partial charge in [-0.05, 0) is 36.8 Å². The molecular weight excluding hydrogens is 378 g/mol. The molecule has 0 aliphatic rings. The van der Waals surface area contributed by atoms with E-state index in [1.165, 1.54) is 10.4 Å². The Balaban J connectivity index is 2.29. The first-order chi connectivity index (χ1) is 13.3. The first-order valence-electron chi connectivity index (χ1n) is 8.85. The van der Waals surface area contributed by atoms with Crippen LogP contribution in [0, 0.1) is 18.3 Å². The Kier molecular flexibility index (Phi) is 7.15. The Hall–Kier alpha value is -2.89. The molecule has 0 atom stereocenters. The predicted octanol–water partition coefficient (Wildman–Crippen LogP) is 3.18. The summed E-state index contributed by atoms with van der Waals surface area (Å²) in [5.41, 5.74) is 1.30. The van der Waals surface area contributed by atoms with E-state index in [0.717, 1.165) is 0 Å². The lowest BCUT2D eigenvalue weighted by molar-refractivity contribution is 0.102. The number of hydrogen-bond donors (Lipinski definition) is 1. The molecule has 8 heteroatoms. The summed E-state index contributed by atoms with van der Waals surface area (Å²) in [5, 5.41) is 11.3. The van der Waals surface area contributed by atoms with Crippen LogP contribution in [0.1, 0.15) is 29.8 Å². The molecule has 1 amide bonds. The quantitative estimate of drug-likeness (QED) is 0.732. The van der Waals surface area contributed by atoms with E-state index >= 15 is 0 Å². The molecule has 28 heavy (non-hydrogen) atoms. The maximum atomic E-state index is 12.8. The lowest BCUT2D eigenvalue weighted by Crippen LogP contribution is -2.31. The molecule has 148 valence electrons. The van der Waals surface area contributed by atoms with Gasteiger partial charge in [0.1, 0.15) is 11.8 Å². The van der Waals surface area contributed by atoms with Crippen LogP contribution >= 0.6 is 0 Å². The first-order valence-corrected chi connectivity index (χ1v) is 10.3. The van der Waals surface area contributed by atoms with Crippen molar-refractivity contribution in [2.24, 2.45) is 0 Å². The van der Waals surface area contributed by atoms with Crippen LogP contribution in [-0.2, 0) is 10.0 Å². The molecule has 0 spiro atoms. The molecule has 0 saturated carbocycles. The fraction of sp³-hybridized carbons (Fsp3) is 0.300. The lowest BCUT2D eigenvalue weighted by atomic mass is 10.1. The molecule has 0 aromatic heterocycles. The van der Waals surface area contributed by atoms with Gasteiger partial charge in [-0.2, -0.15) is 9.57 Å². The van der Waals surface area contributed by atoms with E-state index in [1.807, 2.05) is 6.07 Å². The normalized spacial score (nSPS) is 11.1. The number of benzene rings is 2. The summed E-state index contributed by atoms with van der Waals surface area (Å²) < 4.78 is 32.3. The Labute approximate surface area is 165 Å². The van der Waals surface area contributed by atoms with Gasteiger partial charge in [-0.25, -0.2) is 8.42 Å². The van der Waals surface area contributed by atoms with Crippen LogP contribution in [0.2, 0.25) is 0 Å². The molecule has 0 fully saturated rings. The summed E-state index contributed by atoms with van der Waals surface area (Å²) >= 11 is 0. The van der Waals surface area contributed by atoms with Gasteiger partial charge in [0.15, 0.2) is 6.61 Å². The van der Waals surface area contributed by atoms with E-state index in [4.69, 9.17) is 10.00 Å². The summed E-state index contributed by atoms with van der Waals surface area (Å²) in [7, 11) is -3.68. The number of aryl methyl sites for hydroxylation is 1. The van der Waals surface area contributed by atoms with Crippen molar-refractivity contribution < 1.29 is 17.9 Å². The van der Waals surface area contributed by atoms with Crippen LogP contribution in [0.25, 0.3) is 0 Å². The smallest absolute Gasteiger partial charge is 0.255 e. The largest absolute Gasteiger partial charge is 0.479 e. The summed E-state index contributed by atoms with van der Waals surface area (Å²) in [6.45, 7) is 5.85. The van der Waals surface area contributed by atoms with Gasteiger partial charge in [0, 0.05) is 30.4 Å². The van der Waals surface area contributed by atoms with Gasteiger partial charge in [0.2, 0.25) is 10.0 Å². The van der Waals surface area contributed by atoms with E-state index in [2.05, 4.69) is 5.32 Å². The third kappa shape index (κ3) is 4.88. The predicted molar refractivity (Wildman–Crippen MR) is 107 cm³/mol. The number of carbonyl (C=O) groups excluding carboxylic acids is 1. The van der Waals surface area contributed by atoms with Crippen molar-refractivity contribution in [2.45, 2.75) is 25.7 Å². The monoisotopic (exact) mass is 401 g/mol. The molecule has 0 heterocycles.